The number of aliphatic carboxylic acids is 1. The first-order valence-electron chi connectivity index (χ1n) is 11.7. The number of alkyl halides is 2. The minimum Gasteiger partial charge on any atom is -0.481 e. The van der Waals surface area contributed by atoms with Gasteiger partial charge in [0.1, 0.15) is 0 Å². The second-order valence-electron chi connectivity index (χ2n) is 9.68. The molecule has 0 aliphatic heterocycles. The number of amides is 2. The van der Waals surface area contributed by atoms with Crippen LogP contribution in [0, 0.1) is 16.2 Å². The van der Waals surface area contributed by atoms with Gasteiger partial charge >= 0.3 is 5.97 Å². The fourth-order valence-electron chi connectivity index (χ4n) is 1.15. The molecule has 0 heterocycles. The summed E-state index contributed by atoms with van der Waals surface area (Å²) >= 11 is 6.39. The summed E-state index contributed by atoms with van der Waals surface area (Å²) < 4.78 is 0. The molecule has 35 heavy (non-hydrogen) atoms. The molecule has 8 nitrogen and oxygen atoms in total. The molecule has 214 valence electrons. The van der Waals surface area contributed by atoms with Crippen LogP contribution < -0.4 is 16.4 Å². The molecule has 0 aliphatic carbocycles. The van der Waals surface area contributed by atoms with E-state index in [1.54, 1.807) is 27.7 Å². The predicted molar refractivity (Wildman–Crippen MR) is 160 cm³/mol. The van der Waals surface area contributed by atoms with Gasteiger partial charge in [0.2, 0.25) is 11.8 Å². The number of aliphatic hydroxyl groups excluding tert-OH is 1. The van der Waals surface area contributed by atoms with Crippen LogP contribution in [0.5, 0.6) is 0 Å². The van der Waals surface area contributed by atoms with Gasteiger partial charge in [0, 0.05) is 23.7 Å². The third-order valence-electron chi connectivity index (χ3n) is 4.23. The third kappa shape index (κ3) is 26.6. The number of carboxylic acid groups (broad SMARTS) is 1. The second-order valence-corrected chi connectivity index (χ2v) is 10.8. The van der Waals surface area contributed by atoms with Crippen molar-refractivity contribution in [1.29, 1.82) is 0 Å². The summed E-state index contributed by atoms with van der Waals surface area (Å²) in [5, 5.41) is 24.0. The average Bonchev–Trinajstić information content (AvgIpc) is 2.81. The van der Waals surface area contributed by atoms with Gasteiger partial charge in [-0.25, -0.2) is 0 Å². The Hall–Kier alpha value is -0.230. The summed E-state index contributed by atoms with van der Waals surface area (Å²) in [4.78, 5) is 32.7. The van der Waals surface area contributed by atoms with Crippen LogP contribution in [-0.2, 0) is 14.4 Å². The van der Waals surface area contributed by atoms with Crippen molar-refractivity contribution in [3.8, 4) is 0 Å². The Balaban J connectivity index is -0.000000119. The molecular weight excluding hydrogens is 650 g/mol. The van der Waals surface area contributed by atoms with Crippen molar-refractivity contribution in [2.75, 3.05) is 36.9 Å². The fourth-order valence-corrected chi connectivity index (χ4v) is 1.64. The Morgan fingerprint density at radius 1 is 0.743 bits per heavy atom. The molecular formula is C24H52Br3N3O5. The van der Waals surface area contributed by atoms with Crippen molar-refractivity contribution in [1.82, 2.24) is 10.6 Å². The first-order chi connectivity index (χ1) is 15.5. The number of hydrogen-bond acceptors (Lipinski definition) is 5. The molecule has 2 amide bonds. The van der Waals surface area contributed by atoms with E-state index >= 15 is 0 Å². The van der Waals surface area contributed by atoms with Gasteiger partial charge < -0.3 is 26.6 Å². The van der Waals surface area contributed by atoms with Crippen LogP contribution in [0.1, 0.15) is 81.6 Å². The number of carbonyl (C=O) groups excluding carboxylic acids is 2. The van der Waals surface area contributed by atoms with E-state index in [4.69, 9.17) is 15.9 Å². The van der Waals surface area contributed by atoms with Gasteiger partial charge in [-0.2, -0.15) is 0 Å². The molecule has 0 unspecified atom stereocenters. The molecule has 0 atom stereocenters. The van der Waals surface area contributed by atoms with Gasteiger partial charge in [-0.3, -0.25) is 14.4 Å². The molecule has 0 saturated heterocycles. The minimum atomic E-state index is -0.769. The summed E-state index contributed by atoms with van der Waals surface area (Å²) in [5.41, 5.74) is 3.48. The molecule has 0 aromatic heterocycles. The highest BCUT2D eigenvalue weighted by Gasteiger charge is 2.26. The van der Waals surface area contributed by atoms with Crippen LogP contribution in [0.3, 0.4) is 0 Å². The summed E-state index contributed by atoms with van der Waals surface area (Å²) in [6.45, 7) is 18.9. The lowest BCUT2D eigenvalue weighted by Crippen LogP contribution is -2.39. The molecule has 0 fully saturated rings. The average molecular weight is 702 g/mol. The summed E-state index contributed by atoms with van der Waals surface area (Å²) in [5.74, 6) is -0.729. The highest BCUT2D eigenvalue weighted by atomic mass is 79.9. The Labute approximate surface area is 241 Å². The van der Waals surface area contributed by atoms with Crippen LogP contribution >= 0.6 is 48.8 Å². The molecule has 6 N–H and O–H groups in total. The van der Waals surface area contributed by atoms with Crippen LogP contribution in [0.25, 0.3) is 0 Å². The number of carboxylic acids is 1. The Kier molecular flexibility index (Phi) is 32.5. The number of carbonyl (C=O) groups is 3. The lowest BCUT2D eigenvalue weighted by atomic mass is 9.94. The largest absolute Gasteiger partial charge is 0.481 e. The standard InChI is InChI=1S/C8H16BrNO.C8H17NO2.C5H9BrO2.C3H9N.BrH/c1-4-5-10-7(11)8(2,3)6-9;1-4-5-9-7(11)8(2,3)6-10;1-5(2,3-6)4(7)8;1-2-3-4;/h4-6H2,1-3H3,(H,10,11);10H,4-6H2,1-3H3,(H,9,11);3H2,1-2H3,(H,7,8);2-4H2,1H3;1H. The number of hydrogen-bond donors (Lipinski definition) is 5. The molecule has 0 radical (unpaired) electrons. The second kappa shape index (κ2) is 25.4. The van der Waals surface area contributed by atoms with Crippen molar-refractivity contribution < 1.29 is 24.6 Å². The van der Waals surface area contributed by atoms with E-state index in [-0.39, 0.29) is 40.8 Å². The lowest BCUT2D eigenvalue weighted by molar-refractivity contribution is -0.145. The molecule has 0 saturated carbocycles. The Bertz CT molecular complexity index is 512. The number of halogens is 3. The van der Waals surface area contributed by atoms with Crippen molar-refractivity contribution in [2.24, 2.45) is 22.0 Å². The summed E-state index contributed by atoms with van der Waals surface area (Å²) in [6, 6.07) is 0. The Morgan fingerprint density at radius 3 is 1.23 bits per heavy atom. The topological polar surface area (TPSA) is 142 Å². The van der Waals surface area contributed by atoms with E-state index in [2.05, 4.69) is 49.4 Å². The highest BCUT2D eigenvalue weighted by Crippen LogP contribution is 2.18. The smallest absolute Gasteiger partial charge is 0.309 e. The van der Waals surface area contributed by atoms with Crippen molar-refractivity contribution in [3.63, 3.8) is 0 Å². The van der Waals surface area contributed by atoms with E-state index < -0.39 is 16.8 Å². The number of rotatable bonds is 11. The molecule has 11 heteroatoms. The predicted octanol–water partition coefficient (Wildman–Crippen LogP) is 4.89. The zero-order valence-corrected chi connectivity index (χ0v) is 28.1. The maximum atomic E-state index is 11.3. The van der Waals surface area contributed by atoms with Gasteiger partial charge in [0.25, 0.3) is 0 Å². The SMILES string of the molecule is Br.CC(C)(CBr)C(=O)O.CCCN.CCCNC(=O)C(C)(C)CBr.CCCNC(=O)C(C)(C)CO. The van der Waals surface area contributed by atoms with Gasteiger partial charge in [-0.15, -0.1) is 17.0 Å². The van der Waals surface area contributed by atoms with Gasteiger partial charge in [0.15, 0.2) is 0 Å². The van der Waals surface area contributed by atoms with Crippen LogP contribution in [0.2, 0.25) is 0 Å². The molecule has 0 aliphatic rings. The van der Waals surface area contributed by atoms with Crippen LogP contribution in [0.4, 0.5) is 0 Å². The first-order valence-corrected chi connectivity index (χ1v) is 14.0. The van der Waals surface area contributed by atoms with E-state index in [0.717, 1.165) is 32.4 Å². The van der Waals surface area contributed by atoms with E-state index in [1.165, 1.54) is 0 Å². The van der Waals surface area contributed by atoms with Gasteiger partial charge in [-0.05, 0) is 53.5 Å². The van der Waals surface area contributed by atoms with E-state index in [0.29, 0.717) is 17.2 Å². The zero-order valence-electron chi connectivity index (χ0n) is 23.2. The first kappa shape index (κ1) is 44.7. The molecule has 0 aromatic carbocycles. The molecule has 0 rings (SSSR count). The molecule has 0 aromatic rings. The van der Waals surface area contributed by atoms with E-state index in [1.807, 2.05) is 27.7 Å². The maximum Gasteiger partial charge on any atom is 0.309 e. The van der Waals surface area contributed by atoms with Crippen molar-refractivity contribution in [2.45, 2.75) is 81.6 Å². The number of nitrogens with two attached hydrogens (primary N) is 1. The quantitative estimate of drug-likeness (QED) is 0.194. The summed E-state index contributed by atoms with van der Waals surface area (Å²) in [7, 11) is 0. The van der Waals surface area contributed by atoms with Crippen LogP contribution in [0.15, 0.2) is 0 Å². The van der Waals surface area contributed by atoms with E-state index in [9.17, 15) is 14.4 Å². The van der Waals surface area contributed by atoms with Gasteiger partial charge in [0.05, 0.1) is 22.9 Å². The molecule has 0 bridgehead atoms. The number of nitrogens with one attached hydrogen (secondary N) is 2. The highest BCUT2D eigenvalue weighted by molar-refractivity contribution is 9.09. The normalized spacial score (nSPS) is 10.5. The Morgan fingerprint density at radius 2 is 1.06 bits per heavy atom. The third-order valence-corrected chi connectivity index (χ3v) is 7.04. The molecule has 0 spiro atoms. The monoisotopic (exact) mass is 699 g/mol. The number of aliphatic hydroxyl groups is 1. The summed E-state index contributed by atoms with van der Waals surface area (Å²) in [6.07, 6.45) is 3.01. The maximum absolute atomic E-state index is 11.3. The van der Waals surface area contributed by atoms with Crippen molar-refractivity contribution >= 4 is 66.6 Å². The lowest BCUT2D eigenvalue weighted by Gasteiger charge is -2.20. The fraction of sp³-hybridized carbons (Fsp3) is 0.875. The minimum absolute atomic E-state index is 0. The van der Waals surface area contributed by atoms with Crippen molar-refractivity contribution in [3.05, 3.63) is 0 Å². The van der Waals surface area contributed by atoms with Crippen LogP contribution in [-0.4, -0.2) is 64.9 Å². The zero-order chi connectivity index (χ0) is 28.0. The van der Waals surface area contributed by atoms with Gasteiger partial charge in [-0.1, -0.05) is 66.5 Å².